The molecule has 0 aliphatic heterocycles. The van der Waals surface area contributed by atoms with Crippen LogP contribution in [0.3, 0.4) is 0 Å². The fraction of sp³-hybridized carbons (Fsp3) is 1.00. The lowest BCUT2D eigenvalue weighted by atomic mass is 9.61. The SMILES string of the molecule is CCNCC1(C)CC(C)CC(C)(C)C1. The molecule has 84 valence electrons. The second kappa shape index (κ2) is 4.22. The molecule has 0 aromatic rings. The largest absolute Gasteiger partial charge is 0.316 e. The third-order valence-electron chi connectivity index (χ3n) is 3.45. The van der Waals surface area contributed by atoms with Gasteiger partial charge in [0.1, 0.15) is 0 Å². The number of nitrogens with one attached hydrogen (secondary N) is 1. The van der Waals surface area contributed by atoms with Gasteiger partial charge in [-0.15, -0.1) is 0 Å². The molecule has 1 aliphatic carbocycles. The van der Waals surface area contributed by atoms with Crippen molar-refractivity contribution >= 4 is 0 Å². The summed E-state index contributed by atoms with van der Waals surface area (Å²) in [6, 6.07) is 0. The summed E-state index contributed by atoms with van der Waals surface area (Å²) in [6.07, 6.45) is 4.16. The van der Waals surface area contributed by atoms with Crippen LogP contribution in [0.4, 0.5) is 0 Å². The summed E-state index contributed by atoms with van der Waals surface area (Å²) in [4.78, 5) is 0. The predicted octanol–water partition coefficient (Wildman–Crippen LogP) is 3.45. The van der Waals surface area contributed by atoms with Gasteiger partial charge in [-0.25, -0.2) is 0 Å². The fourth-order valence-electron chi connectivity index (χ4n) is 3.72. The van der Waals surface area contributed by atoms with Gasteiger partial charge >= 0.3 is 0 Å². The standard InChI is InChI=1S/C13H27N/c1-6-14-10-13(5)8-11(2)7-12(3,4)9-13/h11,14H,6-10H2,1-5H3. The Hall–Kier alpha value is -0.0400. The molecule has 2 atom stereocenters. The van der Waals surface area contributed by atoms with E-state index in [1.807, 2.05) is 0 Å². The average Bonchev–Trinajstić information content (AvgIpc) is 1.96. The Kier molecular flexibility index (Phi) is 3.63. The molecule has 1 fully saturated rings. The normalized spacial score (nSPS) is 37.1. The molecule has 0 aromatic heterocycles. The average molecular weight is 197 g/mol. The van der Waals surface area contributed by atoms with Gasteiger partial charge in [0.2, 0.25) is 0 Å². The topological polar surface area (TPSA) is 12.0 Å². The Balaban J connectivity index is 2.59. The van der Waals surface area contributed by atoms with E-state index >= 15 is 0 Å². The lowest BCUT2D eigenvalue weighted by Crippen LogP contribution is -2.41. The van der Waals surface area contributed by atoms with Crippen LogP contribution in [0.2, 0.25) is 0 Å². The van der Waals surface area contributed by atoms with E-state index in [9.17, 15) is 0 Å². The molecule has 0 amide bonds. The molecule has 0 saturated heterocycles. The van der Waals surface area contributed by atoms with E-state index < -0.39 is 0 Å². The summed E-state index contributed by atoms with van der Waals surface area (Å²) in [6.45, 7) is 14.2. The van der Waals surface area contributed by atoms with Gasteiger partial charge in [0.15, 0.2) is 0 Å². The van der Waals surface area contributed by atoms with Crippen molar-refractivity contribution in [3.8, 4) is 0 Å². The van der Waals surface area contributed by atoms with E-state index in [2.05, 4.69) is 39.9 Å². The molecule has 0 radical (unpaired) electrons. The predicted molar refractivity (Wildman–Crippen MR) is 63.4 cm³/mol. The number of rotatable bonds is 3. The first-order valence-corrected chi connectivity index (χ1v) is 6.08. The third kappa shape index (κ3) is 3.27. The molecule has 0 spiro atoms. The van der Waals surface area contributed by atoms with Gasteiger partial charge in [-0.05, 0) is 42.6 Å². The van der Waals surface area contributed by atoms with E-state index in [1.165, 1.54) is 25.8 Å². The van der Waals surface area contributed by atoms with Gasteiger partial charge in [-0.2, -0.15) is 0 Å². The van der Waals surface area contributed by atoms with Crippen molar-refractivity contribution in [2.75, 3.05) is 13.1 Å². The lowest BCUT2D eigenvalue weighted by Gasteiger charge is -2.46. The number of hydrogen-bond donors (Lipinski definition) is 1. The zero-order valence-corrected chi connectivity index (χ0v) is 10.6. The van der Waals surface area contributed by atoms with Crippen molar-refractivity contribution in [1.29, 1.82) is 0 Å². The van der Waals surface area contributed by atoms with Gasteiger partial charge in [0.25, 0.3) is 0 Å². The highest BCUT2D eigenvalue weighted by Gasteiger charge is 2.39. The summed E-state index contributed by atoms with van der Waals surface area (Å²) in [5.74, 6) is 0.891. The summed E-state index contributed by atoms with van der Waals surface area (Å²) in [7, 11) is 0. The first kappa shape index (κ1) is 12.0. The minimum absolute atomic E-state index is 0.525. The van der Waals surface area contributed by atoms with Crippen molar-refractivity contribution in [3.63, 3.8) is 0 Å². The first-order valence-electron chi connectivity index (χ1n) is 6.08. The van der Waals surface area contributed by atoms with Crippen LogP contribution in [-0.4, -0.2) is 13.1 Å². The summed E-state index contributed by atoms with van der Waals surface area (Å²) in [5, 5.41) is 3.52. The van der Waals surface area contributed by atoms with Crippen molar-refractivity contribution in [1.82, 2.24) is 5.32 Å². The first-order chi connectivity index (χ1) is 6.37. The Morgan fingerprint density at radius 1 is 1.21 bits per heavy atom. The van der Waals surface area contributed by atoms with Crippen LogP contribution in [0.5, 0.6) is 0 Å². The van der Waals surface area contributed by atoms with E-state index in [-0.39, 0.29) is 0 Å². The molecule has 14 heavy (non-hydrogen) atoms. The molecular formula is C13H27N. The third-order valence-corrected chi connectivity index (χ3v) is 3.45. The lowest BCUT2D eigenvalue weighted by molar-refractivity contribution is 0.0613. The van der Waals surface area contributed by atoms with E-state index in [1.54, 1.807) is 0 Å². The Labute approximate surface area is 89.7 Å². The van der Waals surface area contributed by atoms with Crippen molar-refractivity contribution in [2.45, 2.75) is 53.9 Å². The Morgan fingerprint density at radius 2 is 1.86 bits per heavy atom. The van der Waals surface area contributed by atoms with Crippen LogP contribution in [0.1, 0.15) is 53.9 Å². The van der Waals surface area contributed by atoms with Crippen LogP contribution in [0.25, 0.3) is 0 Å². The molecule has 1 N–H and O–H groups in total. The summed E-state index contributed by atoms with van der Waals surface area (Å²) < 4.78 is 0. The van der Waals surface area contributed by atoms with Gasteiger partial charge < -0.3 is 5.32 Å². The van der Waals surface area contributed by atoms with Gasteiger partial charge in [-0.3, -0.25) is 0 Å². The Morgan fingerprint density at radius 3 is 2.36 bits per heavy atom. The highest BCUT2D eigenvalue weighted by atomic mass is 14.9. The van der Waals surface area contributed by atoms with Crippen LogP contribution >= 0.6 is 0 Å². The molecule has 1 nitrogen and oxygen atoms in total. The maximum atomic E-state index is 3.52. The van der Waals surface area contributed by atoms with Crippen LogP contribution < -0.4 is 5.32 Å². The molecule has 1 heteroatoms. The van der Waals surface area contributed by atoms with E-state index in [0.717, 1.165) is 12.5 Å². The molecule has 1 aliphatic rings. The second-order valence-electron chi connectivity index (χ2n) is 6.45. The molecule has 0 aromatic carbocycles. The molecule has 0 heterocycles. The monoisotopic (exact) mass is 197 g/mol. The van der Waals surface area contributed by atoms with E-state index in [0.29, 0.717) is 10.8 Å². The summed E-state index contributed by atoms with van der Waals surface area (Å²) in [5.41, 5.74) is 1.07. The van der Waals surface area contributed by atoms with Gasteiger partial charge in [-0.1, -0.05) is 34.6 Å². The Bertz CT molecular complexity index is 186. The van der Waals surface area contributed by atoms with Crippen LogP contribution in [0.15, 0.2) is 0 Å². The zero-order chi connectivity index (χ0) is 10.8. The molecule has 1 rings (SSSR count). The fourth-order valence-corrected chi connectivity index (χ4v) is 3.72. The highest BCUT2D eigenvalue weighted by molar-refractivity contribution is 4.91. The van der Waals surface area contributed by atoms with Crippen LogP contribution in [-0.2, 0) is 0 Å². The molecule has 1 saturated carbocycles. The maximum absolute atomic E-state index is 3.52. The molecule has 2 unspecified atom stereocenters. The van der Waals surface area contributed by atoms with Crippen molar-refractivity contribution in [3.05, 3.63) is 0 Å². The second-order valence-corrected chi connectivity index (χ2v) is 6.45. The van der Waals surface area contributed by atoms with Crippen molar-refractivity contribution in [2.24, 2.45) is 16.7 Å². The van der Waals surface area contributed by atoms with E-state index in [4.69, 9.17) is 0 Å². The number of hydrogen-bond acceptors (Lipinski definition) is 1. The molecule has 0 bridgehead atoms. The van der Waals surface area contributed by atoms with Gasteiger partial charge in [0, 0.05) is 6.54 Å². The summed E-state index contributed by atoms with van der Waals surface area (Å²) >= 11 is 0. The quantitative estimate of drug-likeness (QED) is 0.730. The van der Waals surface area contributed by atoms with Gasteiger partial charge in [0.05, 0.1) is 0 Å². The van der Waals surface area contributed by atoms with Crippen molar-refractivity contribution < 1.29 is 0 Å². The maximum Gasteiger partial charge on any atom is 0.000535 e. The van der Waals surface area contributed by atoms with Crippen LogP contribution in [0, 0.1) is 16.7 Å². The molecular weight excluding hydrogens is 170 g/mol. The smallest absolute Gasteiger partial charge is 0.000535 e. The minimum Gasteiger partial charge on any atom is -0.316 e. The zero-order valence-electron chi connectivity index (χ0n) is 10.6. The highest BCUT2D eigenvalue weighted by Crippen LogP contribution is 2.47. The minimum atomic E-state index is 0.525.